The van der Waals surface area contributed by atoms with Gasteiger partial charge in [-0.15, -0.1) is 0 Å². The van der Waals surface area contributed by atoms with Crippen LogP contribution in [0, 0.1) is 9.54 Å². The second kappa shape index (κ2) is 12.7. The van der Waals surface area contributed by atoms with Crippen molar-refractivity contribution in [3.05, 3.63) is 131 Å². The van der Waals surface area contributed by atoms with Crippen molar-refractivity contribution in [3.63, 3.8) is 0 Å². The summed E-state index contributed by atoms with van der Waals surface area (Å²) in [4.78, 5) is 34.2. The predicted molar refractivity (Wildman–Crippen MR) is 173 cm³/mol. The molecule has 3 aromatic carbocycles. The van der Waals surface area contributed by atoms with Gasteiger partial charge in [-0.3, -0.25) is 24.1 Å². The summed E-state index contributed by atoms with van der Waals surface area (Å²) in [6.07, 6.45) is 2.25. The van der Waals surface area contributed by atoms with Crippen molar-refractivity contribution in [2.45, 2.75) is 25.3 Å². The molecule has 10 nitrogen and oxygen atoms in total. The number of aromatic nitrogens is 4. The van der Waals surface area contributed by atoms with Crippen molar-refractivity contribution < 1.29 is 19.8 Å². The third-order valence-electron chi connectivity index (χ3n) is 8.22. The lowest BCUT2D eigenvalue weighted by atomic mass is 9.85. The van der Waals surface area contributed by atoms with Gasteiger partial charge in [0.05, 0.1) is 37.4 Å². The molecule has 0 amide bonds. The van der Waals surface area contributed by atoms with Crippen molar-refractivity contribution in [1.82, 2.24) is 19.1 Å². The molecule has 0 saturated carbocycles. The Hall–Kier alpha value is -4.78. The van der Waals surface area contributed by atoms with Crippen LogP contribution >= 0.6 is 24.4 Å². The van der Waals surface area contributed by atoms with E-state index in [0.717, 1.165) is 31.5 Å². The molecule has 0 bridgehead atoms. The molecule has 5 aromatic rings. The van der Waals surface area contributed by atoms with Gasteiger partial charge in [-0.05, 0) is 72.3 Å². The molecule has 1 saturated heterocycles. The Bertz CT molecular complexity index is 1980. The van der Waals surface area contributed by atoms with Crippen LogP contribution in [0.1, 0.15) is 41.0 Å². The highest BCUT2D eigenvalue weighted by Crippen LogP contribution is 2.39. The number of rotatable bonds is 8. The van der Waals surface area contributed by atoms with Crippen LogP contribution in [-0.4, -0.2) is 44.4 Å². The van der Waals surface area contributed by atoms with Crippen molar-refractivity contribution in [2.75, 3.05) is 20.2 Å². The van der Waals surface area contributed by atoms with Crippen molar-refractivity contribution in [1.29, 1.82) is 0 Å². The molecular formula is C33H31N5O5S2. The third kappa shape index (κ3) is 5.75. The van der Waals surface area contributed by atoms with Gasteiger partial charge in [-0.1, -0.05) is 42.5 Å². The minimum Gasteiger partial charge on any atom is -0.859 e. The SMILES string of the molecule is COc1ccc(C(c2c([O-])n(-c3ccccc3)c(=S)[nH]c2=O)c2c(O)n(-c3ccccc3)c(=S)[nH]c2=O)cc1C[NH+]1CCCC1. The van der Waals surface area contributed by atoms with E-state index in [1.54, 1.807) is 73.8 Å². The highest BCUT2D eigenvalue weighted by Gasteiger charge is 2.31. The summed E-state index contributed by atoms with van der Waals surface area (Å²) >= 11 is 10.9. The number of nitrogens with zero attached hydrogens (tertiary/aromatic N) is 2. The molecular weight excluding hydrogens is 611 g/mol. The molecule has 45 heavy (non-hydrogen) atoms. The van der Waals surface area contributed by atoms with Gasteiger partial charge in [0.25, 0.3) is 11.1 Å². The molecule has 1 aliphatic heterocycles. The van der Waals surface area contributed by atoms with Gasteiger partial charge in [0, 0.05) is 29.7 Å². The number of hydrogen-bond donors (Lipinski definition) is 4. The number of benzene rings is 3. The first-order valence-electron chi connectivity index (χ1n) is 14.5. The van der Waals surface area contributed by atoms with Gasteiger partial charge in [0.2, 0.25) is 5.88 Å². The lowest BCUT2D eigenvalue weighted by Crippen LogP contribution is -3.08. The molecule has 1 fully saturated rings. The van der Waals surface area contributed by atoms with E-state index in [-0.39, 0.29) is 20.7 Å². The molecule has 1 atom stereocenters. The molecule has 230 valence electrons. The summed E-state index contributed by atoms with van der Waals surface area (Å²) in [5.74, 6) is -1.86. The lowest BCUT2D eigenvalue weighted by molar-refractivity contribution is -0.901. The Kier molecular flexibility index (Phi) is 8.52. The molecule has 0 aliphatic carbocycles. The number of hydrogen-bond acceptors (Lipinski definition) is 7. The molecule has 3 heterocycles. The fraction of sp³-hybridized carbons (Fsp3) is 0.212. The van der Waals surface area contributed by atoms with Gasteiger partial charge in [0.15, 0.2) is 9.54 Å². The number of para-hydroxylation sites is 2. The molecule has 6 rings (SSSR count). The highest BCUT2D eigenvalue weighted by molar-refractivity contribution is 7.71. The van der Waals surface area contributed by atoms with Crippen molar-refractivity contribution >= 4 is 24.4 Å². The smallest absolute Gasteiger partial charge is 0.259 e. The summed E-state index contributed by atoms with van der Waals surface area (Å²) in [5, 5.41) is 26.2. The number of quaternary nitrogens is 1. The molecule has 0 spiro atoms. The highest BCUT2D eigenvalue weighted by atomic mass is 32.1. The second-order valence-electron chi connectivity index (χ2n) is 11.0. The Morgan fingerprint density at radius 2 is 1.42 bits per heavy atom. The number of H-pyrrole nitrogens is 2. The maximum absolute atomic E-state index is 14.4. The maximum atomic E-state index is 14.4. The minimum absolute atomic E-state index is 0.0456. The molecule has 2 aromatic heterocycles. The average Bonchev–Trinajstić information content (AvgIpc) is 3.54. The Morgan fingerprint density at radius 1 is 0.867 bits per heavy atom. The number of nitrogens with one attached hydrogen (secondary N) is 3. The monoisotopic (exact) mass is 641 g/mol. The maximum Gasteiger partial charge on any atom is 0.259 e. The third-order valence-corrected chi connectivity index (χ3v) is 8.79. The number of aromatic amines is 2. The van der Waals surface area contributed by atoms with E-state index in [4.69, 9.17) is 29.2 Å². The van der Waals surface area contributed by atoms with Crippen LogP contribution < -0.4 is 25.9 Å². The van der Waals surface area contributed by atoms with Crippen LogP contribution in [-0.2, 0) is 6.54 Å². The van der Waals surface area contributed by atoms with E-state index in [0.29, 0.717) is 29.2 Å². The number of aromatic hydroxyl groups is 1. The summed E-state index contributed by atoms with van der Waals surface area (Å²) in [7, 11) is 1.59. The first kappa shape index (κ1) is 30.3. The quantitative estimate of drug-likeness (QED) is 0.191. The minimum atomic E-state index is -1.31. The van der Waals surface area contributed by atoms with E-state index < -0.39 is 28.8 Å². The van der Waals surface area contributed by atoms with E-state index in [1.165, 1.54) is 14.0 Å². The molecule has 1 unspecified atom stereocenters. The number of ether oxygens (including phenoxy) is 1. The Labute approximate surface area is 268 Å². The number of likely N-dealkylation sites (tertiary alicyclic amines) is 1. The standard InChI is InChI=1S/C33H31N5O5S2/c1-43-24-15-14-20(18-21(24)19-36-16-8-9-17-36)25(26-28(39)34-32(44)37(30(26)41)22-10-4-2-5-11-22)27-29(40)35-33(45)38(31(27)42)23-12-6-3-7-13-23/h2-7,10-15,18,25,41-42H,8-9,16-17,19H2,1H3,(H,34,39,44)(H,35,40,45). The van der Waals surface area contributed by atoms with Crippen LogP contribution in [0.3, 0.4) is 0 Å². The van der Waals surface area contributed by atoms with Crippen LogP contribution in [0.15, 0.2) is 88.5 Å². The van der Waals surface area contributed by atoms with Crippen molar-refractivity contribution in [3.8, 4) is 28.9 Å². The zero-order valence-electron chi connectivity index (χ0n) is 24.4. The first-order valence-corrected chi connectivity index (χ1v) is 15.4. The molecule has 4 N–H and O–H groups in total. The molecule has 0 radical (unpaired) electrons. The summed E-state index contributed by atoms with van der Waals surface area (Å²) in [6.45, 7) is 2.67. The van der Waals surface area contributed by atoms with E-state index in [9.17, 15) is 19.8 Å². The predicted octanol–water partition coefficient (Wildman–Crippen LogP) is 3.25. The van der Waals surface area contributed by atoms with E-state index in [1.807, 2.05) is 12.1 Å². The van der Waals surface area contributed by atoms with Gasteiger partial charge in [-0.25, -0.2) is 0 Å². The van der Waals surface area contributed by atoms with Crippen molar-refractivity contribution in [2.24, 2.45) is 0 Å². The van der Waals surface area contributed by atoms with E-state index >= 15 is 0 Å². The average molecular weight is 642 g/mol. The largest absolute Gasteiger partial charge is 0.859 e. The Morgan fingerprint density at radius 3 is 2.02 bits per heavy atom. The first-order chi connectivity index (χ1) is 21.8. The van der Waals surface area contributed by atoms with Crippen LogP contribution in [0.2, 0.25) is 0 Å². The van der Waals surface area contributed by atoms with Gasteiger partial charge in [-0.2, -0.15) is 0 Å². The van der Waals surface area contributed by atoms with Gasteiger partial charge >= 0.3 is 0 Å². The fourth-order valence-corrected chi connectivity index (χ4v) is 6.69. The summed E-state index contributed by atoms with van der Waals surface area (Å²) < 4.78 is 8.07. The fourth-order valence-electron chi connectivity index (χ4n) is 6.13. The zero-order chi connectivity index (χ0) is 31.7. The lowest BCUT2D eigenvalue weighted by Gasteiger charge is -2.27. The zero-order valence-corrected chi connectivity index (χ0v) is 26.0. The molecule has 1 aliphatic rings. The topological polar surface area (TPSA) is 133 Å². The normalized spacial score (nSPS) is 14.0. The van der Waals surface area contributed by atoms with Crippen LogP contribution in [0.25, 0.3) is 11.4 Å². The Balaban J connectivity index is 1.67. The van der Waals surface area contributed by atoms with Crippen LogP contribution in [0.5, 0.6) is 17.5 Å². The van der Waals surface area contributed by atoms with Gasteiger partial charge in [0.1, 0.15) is 12.3 Å². The van der Waals surface area contributed by atoms with E-state index in [2.05, 4.69) is 9.97 Å². The molecule has 12 heteroatoms. The summed E-state index contributed by atoms with van der Waals surface area (Å²) in [5.41, 5.74) is 0.230. The van der Waals surface area contributed by atoms with Gasteiger partial charge < -0.3 is 24.4 Å². The number of methoxy groups -OCH3 is 1. The summed E-state index contributed by atoms with van der Waals surface area (Å²) in [6, 6.07) is 22.8. The second-order valence-corrected chi connectivity index (χ2v) is 11.7. The van der Waals surface area contributed by atoms with Crippen LogP contribution in [0.4, 0.5) is 0 Å².